The van der Waals surface area contributed by atoms with E-state index in [0.29, 0.717) is 11.3 Å². The maximum absolute atomic E-state index is 13.6. The number of benzene rings is 2. The van der Waals surface area contributed by atoms with Gasteiger partial charge < -0.3 is 15.4 Å². The number of nitrogens with one attached hydrogen (secondary N) is 3. The third-order valence-electron chi connectivity index (χ3n) is 4.32. The summed E-state index contributed by atoms with van der Waals surface area (Å²) in [6.45, 7) is 5.20. The molecule has 0 fully saturated rings. The van der Waals surface area contributed by atoms with E-state index in [1.165, 1.54) is 12.1 Å². The molecule has 0 unspecified atom stereocenters. The first-order valence-corrected chi connectivity index (χ1v) is 9.84. The Morgan fingerprint density at radius 2 is 1.87 bits per heavy atom. The first kappa shape index (κ1) is 22.0. The number of anilines is 1. The zero-order chi connectivity index (χ0) is 22.4. The highest BCUT2D eigenvalue weighted by atomic mass is 19.1. The number of aromatic nitrogens is 2. The highest BCUT2D eigenvalue weighted by Crippen LogP contribution is 2.20. The van der Waals surface area contributed by atoms with Gasteiger partial charge in [-0.25, -0.2) is 9.18 Å². The van der Waals surface area contributed by atoms with Crippen molar-refractivity contribution < 1.29 is 18.7 Å². The van der Waals surface area contributed by atoms with Gasteiger partial charge in [0.25, 0.3) is 0 Å². The molecule has 0 saturated carbocycles. The summed E-state index contributed by atoms with van der Waals surface area (Å²) < 4.78 is 18.9. The molecule has 2 amide bonds. The lowest BCUT2D eigenvalue weighted by Gasteiger charge is -2.23. The summed E-state index contributed by atoms with van der Waals surface area (Å²) >= 11 is 0. The van der Waals surface area contributed by atoms with E-state index in [1.54, 1.807) is 57.4 Å². The van der Waals surface area contributed by atoms with E-state index >= 15 is 0 Å². The molecule has 0 bridgehead atoms. The van der Waals surface area contributed by atoms with E-state index in [2.05, 4.69) is 20.8 Å². The molecule has 31 heavy (non-hydrogen) atoms. The van der Waals surface area contributed by atoms with E-state index in [1.807, 2.05) is 12.1 Å². The topological polar surface area (TPSA) is 96.1 Å². The number of halogens is 1. The zero-order valence-electron chi connectivity index (χ0n) is 17.6. The highest BCUT2D eigenvalue weighted by molar-refractivity contribution is 5.97. The van der Waals surface area contributed by atoms with Gasteiger partial charge in [-0.3, -0.25) is 9.89 Å². The van der Waals surface area contributed by atoms with Crippen LogP contribution in [-0.4, -0.2) is 33.8 Å². The molecule has 0 radical (unpaired) electrons. The average molecular weight is 424 g/mol. The van der Waals surface area contributed by atoms with Crippen LogP contribution >= 0.6 is 0 Å². The van der Waals surface area contributed by atoms with Crippen molar-refractivity contribution in [3.8, 4) is 11.1 Å². The fourth-order valence-corrected chi connectivity index (χ4v) is 2.94. The van der Waals surface area contributed by atoms with Gasteiger partial charge in [-0.05, 0) is 56.2 Å². The molecule has 2 aromatic carbocycles. The Morgan fingerprint density at radius 1 is 1.13 bits per heavy atom. The lowest BCUT2D eigenvalue weighted by atomic mass is 10.0. The Hall–Kier alpha value is -3.68. The van der Waals surface area contributed by atoms with Crippen molar-refractivity contribution in [2.24, 2.45) is 0 Å². The lowest BCUT2D eigenvalue weighted by molar-refractivity contribution is -0.118. The van der Waals surface area contributed by atoms with Gasteiger partial charge in [-0.15, -0.1) is 0 Å². The van der Waals surface area contributed by atoms with Gasteiger partial charge in [0.1, 0.15) is 17.5 Å². The average Bonchev–Trinajstić information content (AvgIpc) is 3.21. The van der Waals surface area contributed by atoms with E-state index in [4.69, 9.17) is 4.74 Å². The standard InChI is InChI=1S/C23H25FN4O3/c1-23(2,3)31-22(30)28-20(12-15-5-4-6-18(24)11-15)21(29)27-19-9-7-16(8-10-19)17-13-25-26-14-17/h4-11,13-14,20H,12H2,1-3H3,(H,25,26)(H,27,29)(H,28,30)/t20-/m1/s1. The molecule has 8 heteroatoms. The number of ether oxygens (including phenoxy) is 1. The first-order valence-electron chi connectivity index (χ1n) is 9.84. The van der Waals surface area contributed by atoms with E-state index in [9.17, 15) is 14.0 Å². The summed E-state index contributed by atoms with van der Waals surface area (Å²) in [5, 5.41) is 12.0. The summed E-state index contributed by atoms with van der Waals surface area (Å²) in [7, 11) is 0. The third kappa shape index (κ3) is 6.67. The maximum Gasteiger partial charge on any atom is 0.408 e. The number of H-pyrrole nitrogens is 1. The quantitative estimate of drug-likeness (QED) is 0.550. The van der Waals surface area contributed by atoms with Crippen molar-refractivity contribution in [1.29, 1.82) is 0 Å². The summed E-state index contributed by atoms with van der Waals surface area (Å²) in [4.78, 5) is 25.2. The minimum Gasteiger partial charge on any atom is -0.444 e. The Labute approximate surface area is 180 Å². The molecule has 3 rings (SSSR count). The number of hydrogen-bond donors (Lipinski definition) is 3. The molecule has 0 aliphatic heterocycles. The molecule has 3 aromatic rings. The van der Waals surface area contributed by atoms with Crippen molar-refractivity contribution in [2.45, 2.75) is 38.8 Å². The van der Waals surface area contributed by atoms with Crippen LogP contribution in [0.3, 0.4) is 0 Å². The number of hydrogen-bond acceptors (Lipinski definition) is 4. The molecule has 7 nitrogen and oxygen atoms in total. The number of aromatic amines is 1. The van der Waals surface area contributed by atoms with Gasteiger partial charge in [0.15, 0.2) is 0 Å². The minimum absolute atomic E-state index is 0.107. The Bertz CT molecular complexity index is 1030. The molecule has 1 aromatic heterocycles. The summed E-state index contributed by atoms with van der Waals surface area (Å²) in [6, 6.07) is 12.2. The second-order valence-electron chi connectivity index (χ2n) is 8.09. The first-order chi connectivity index (χ1) is 14.7. The maximum atomic E-state index is 13.6. The van der Waals surface area contributed by atoms with Gasteiger partial charge in [0, 0.05) is 23.9 Å². The normalized spacial score (nSPS) is 12.1. The molecule has 0 aliphatic rings. The zero-order valence-corrected chi connectivity index (χ0v) is 17.6. The third-order valence-corrected chi connectivity index (χ3v) is 4.32. The monoisotopic (exact) mass is 424 g/mol. The second kappa shape index (κ2) is 9.42. The molecule has 162 valence electrons. The fourth-order valence-electron chi connectivity index (χ4n) is 2.94. The van der Waals surface area contributed by atoms with Crippen LogP contribution in [0.5, 0.6) is 0 Å². The number of amides is 2. The Balaban J connectivity index is 1.73. The predicted octanol–water partition coefficient (Wildman–Crippen LogP) is 4.29. The molecule has 0 saturated heterocycles. The van der Waals surface area contributed by atoms with Gasteiger partial charge in [-0.1, -0.05) is 24.3 Å². The van der Waals surface area contributed by atoms with Crippen molar-refractivity contribution in [3.63, 3.8) is 0 Å². The molecular formula is C23H25FN4O3. The largest absolute Gasteiger partial charge is 0.444 e. The van der Waals surface area contributed by atoms with Crippen molar-refractivity contribution in [1.82, 2.24) is 15.5 Å². The summed E-state index contributed by atoms with van der Waals surface area (Å²) in [6.07, 6.45) is 2.86. The summed E-state index contributed by atoms with van der Waals surface area (Å²) in [5.74, 6) is -0.852. The van der Waals surface area contributed by atoms with E-state index < -0.39 is 29.5 Å². The van der Waals surface area contributed by atoms with Crippen molar-refractivity contribution >= 4 is 17.7 Å². The Morgan fingerprint density at radius 3 is 2.48 bits per heavy atom. The summed E-state index contributed by atoms with van der Waals surface area (Å²) in [5.41, 5.74) is 2.29. The number of carbonyl (C=O) groups excluding carboxylic acids is 2. The fraction of sp³-hybridized carbons (Fsp3) is 0.261. The molecule has 1 heterocycles. The molecule has 3 N–H and O–H groups in total. The van der Waals surface area contributed by atoms with Gasteiger partial charge in [-0.2, -0.15) is 5.10 Å². The van der Waals surface area contributed by atoms with E-state index in [-0.39, 0.29) is 6.42 Å². The molecule has 0 spiro atoms. The van der Waals surface area contributed by atoms with Crippen LogP contribution < -0.4 is 10.6 Å². The number of carbonyl (C=O) groups is 2. The lowest BCUT2D eigenvalue weighted by Crippen LogP contribution is -2.47. The van der Waals surface area contributed by atoms with Gasteiger partial charge in [0.05, 0.1) is 6.20 Å². The molecule has 1 atom stereocenters. The van der Waals surface area contributed by atoms with Gasteiger partial charge >= 0.3 is 6.09 Å². The van der Waals surface area contributed by atoms with Crippen LogP contribution in [0.15, 0.2) is 60.9 Å². The van der Waals surface area contributed by atoms with Crippen molar-refractivity contribution in [3.05, 3.63) is 72.3 Å². The smallest absolute Gasteiger partial charge is 0.408 e. The van der Waals surface area contributed by atoms with Crippen LogP contribution in [0.2, 0.25) is 0 Å². The van der Waals surface area contributed by atoms with Crippen LogP contribution in [0.25, 0.3) is 11.1 Å². The Kier molecular flexibility index (Phi) is 6.69. The van der Waals surface area contributed by atoms with E-state index in [0.717, 1.165) is 11.1 Å². The second-order valence-corrected chi connectivity index (χ2v) is 8.09. The van der Waals surface area contributed by atoms with Crippen LogP contribution in [0, 0.1) is 5.82 Å². The number of nitrogens with zero attached hydrogens (tertiary/aromatic N) is 1. The van der Waals surface area contributed by atoms with Crippen LogP contribution in [0.4, 0.5) is 14.9 Å². The number of rotatable bonds is 6. The molecular weight excluding hydrogens is 399 g/mol. The number of alkyl carbamates (subject to hydrolysis) is 1. The van der Waals surface area contributed by atoms with Gasteiger partial charge in [0.2, 0.25) is 5.91 Å². The minimum atomic E-state index is -0.954. The SMILES string of the molecule is CC(C)(C)OC(=O)N[C@H](Cc1cccc(F)c1)C(=O)Nc1ccc(-c2cn[nH]c2)cc1. The predicted molar refractivity (Wildman–Crippen MR) is 116 cm³/mol. The van der Waals surface area contributed by atoms with Crippen molar-refractivity contribution in [2.75, 3.05) is 5.32 Å². The highest BCUT2D eigenvalue weighted by Gasteiger charge is 2.25. The van der Waals surface area contributed by atoms with Crippen LogP contribution in [-0.2, 0) is 16.0 Å². The van der Waals surface area contributed by atoms with Crippen LogP contribution in [0.1, 0.15) is 26.3 Å². The molecule has 0 aliphatic carbocycles.